The van der Waals surface area contributed by atoms with E-state index in [2.05, 4.69) is 22.3 Å². The predicted octanol–water partition coefficient (Wildman–Crippen LogP) is 3.05. The second-order valence-corrected chi connectivity index (χ2v) is 9.08. The van der Waals surface area contributed by atoms with Crippen LogP contribution in [0.5, 0.6) is 0 Å². The fourth-order valence-electron chi connectivity index (χ4n) is 5.18. The molecule has 0 radical (unpaired) electrons. The van der Waals surface area contributed by atoms with Gasteiger partial charge in [-0.1, -0.05) is 42.5 Å². The molecule has 0 saturated carbocycles. The number of hydrogen-bond acceptors (Lipinski definition) is 5. The number of nitro groups is 1. The number of non-ortho nitro benzene ring substituents is 1. The summed E-state index contributed by atoms with van der Waals surface area (Å²) in [5.41, 5.74) is 2.93. The number of likely N-dealkylation sites (N-methyl/N-ethyl adjacent to an activating group) is 1. The number of likely N-dealkylation sites (tertiary alicyclic amines) is 1. The van der Waals surface area contributed by atoms with Gasteiger partial charge in [0.15, 0.2) is 0 Å². The summed E-state index contributed by atoms with van der Waals surface area (Å²) < 4.78 is 0. The molecule has 3 aliphatic heterocycles. The highest BCUT2D eigenvalue weighted by Crippen LogP contribution is 2.38. The number of nitro benzene ring substituents is 1. The summed E-state index contributed by atoms with van der Waals surface area (Å²) in [5.74, 6) is -0.0973. The molecule has 3 aliphatic rings. The number of nitrogens with one attached hydrogen (secondary N) is 1. The molecule has 1 atom stereocenters. The average Bonchev–Trinajstić information content (AvgIpc) is 3.20. The van der Waals surface area contributed by atoms with Gasteiger partial charge in [0.2, 0.25) is 0 Å². The summed E-state index contributed by atoms with van der Waals surface area (Å²) in [5, 5.41) is 14.1. The molecule has 2 aromatic carbocycles. The summed E-state index contributed by atoms with van der Waals surface area (Å²) in [6, 6.07) is 15.6. The van der Waals surface area contributed by atoms with Crippen molar-refractivity contribution in [3.05, 3.63) is 87.1 Å². The third-order valence-electron chi connectivity index (χ3n) is 7.05. The molecule has 2 aromatic rings. The Balaban J connectivity index is 1.33. The average molecular weight is 462 g/mol. The molecule has 9 nitrogen and oxygen atoms in total. The first-order valence-corrected chi connectivity index (χ1v) is 11.5. The topological polar surface area (TPSA) is 99.0 Å². The zero-order valence-electron chi connectivity index (χ0n) is 19.0. The van der Waals surface area contributed by atoms with Gasteiger partial charge in [0, 0.05) is 44.9 Å². The summed E-state index contributed by atoms with van der Waals surface area (Å²) in [7, 11) is 1.66. The smallest absolute Gasteiger partial charge is 0.322 e. The Labute approximate surface area is 197 Å². The van der Waals surface area contributed by atoms with Crippen LogP contribution in [0, 0.1) is 10.1 Å². The van der Waals surface area contributed by atoms with Crippen LogP contribution in [0.25, 0.3) is 0 Å². The van der Waals surface area contributed by atoms with Gasteiger partial charge in [-0.15, -0.1) is 0 Å². The predicted molar refractivity (Wildman–Crippen MR) is 126 cm³/mol. The van der Waals surface area contributed by atoms with Crippen LogP contribution in [-0.2, 0) is 11.3 Å². The monoisotopic (exact) mass is 461 g/mol. The lowest BCUT2D eigenvalue weighted by atomic mass is 9.95. The SMILES string of the molecule is CN1C(=O)NC(c2cccc([N+](=O)[O-])c2)C2=C1CN(C1CCN(Cc3ccccc3)CC1)C2=O. The van der Waals surface area contributed by atoms with Crippen LogP contribution < -0.4 is 5.32 Å². The van der Waals surface area contributed by atoms with Gasteiger partial charge in [-0.2, -0.15) is 0 Å². The van der Waals surface area contributed by atoms with Crippen LogP contribution in [0.15, 0.2) is 65.9 Å². The third kappa shape index (κ3) is 4.03. The van der Waals surface area contributed by atoms with Gasteiger partial charge in [0.1, 0.15) is 0 Å². The lowest BCUT2D eigenvalue weighted by Crippen LogP contribution is -2.46. The minimum Gasteiger partial charge on any atom is -0.330 e. The van der Waals surface area contributed by atoms with E-state index in [4.69, 9.17) is 0 Å². The van der Waals surface area contributed by atoms with Crippen LogP contribution in [0.4, 0.5) is 10.5 Å². The third-order valence-corrected chi connectivity index (χ3v) is 7.05. The van der Waals surface area contributed by atoms with Crippen molar-refractivity contribution in [3.63, 3.8) is 0 Å². The van der Waals surface area contributed by atoms with Crippen LogP contribution in [0.2, 0.25) is 0 Å². The number of benzene rings is 2. The first-order valence-electron chi connectivity index (χ1n) is 11.5. The maximum atomic E-state index is 13.6. The molecule has 1 unspecified atom stereocenters. The number of hydrogen-bond donors (Lipinski definition) is 1. The highest BCUT2D eigenvalue weighted by atomic mass is 16.6. The van der Waals surface area contributed by atoms with Crippen LogP contribution in [0.3, 0.4) is 0 Å². The number of urea groups is 1. The van der Waals surface area contributed by atoms with Crippen molar-refractivity contribution in [1.29, 1.82) is 0 Å². The molecule has 34 heavy (non-hydrogen) atoms. The molecule has 176 valence electrons. The molecular weight excluding hydrogens is 434 g/mol. The van der Waals surface area contributed by atoms with Crippen LogP contribution in [0.1, 0.15) is 30.0 Å². The van der Waals surface area contributed by atoms with Crippen LogP contribution in [-0.4, -0.2) is 64.3 Å². The van der Waals surface area contributed by atoms with Crippen molar-refractivity contribution in [3.8, 4) is 0 Å². The van der Waals surface area contributed by atoms with E-state index in [1.807, 2.05) is 23.1 Å². The highest BCUT2D eigenvalue weighted by molar-refractivity contribution is 6.01. The second-order valence-electron chi connectivity index (χ2n) is 9.08. The molecule has 3 amide bonds. The number of amides is 3. The number of carbonyl (C=O) groups is 2. The molecule has 3 heterocycles. The molecule has 0 bridgehead atoms. The van der Waals surface area contributed by atoms with E-state index in [0.717, 1.165) is 32.5 Å². The molecule has 1 N–H and O–H groups in total. The summed E-state index contributed by atoms with van der Waals surface area (Å²) in [4.78, 5) is 42.8. The number of carbonyl (C=O) groups excluding carboxylic acids is 2. The quantitative estimate of drug-likeness (QED) is 0.545. The van der Waals surface area contributed by atoms with E-state index >= 15 is 0 Å². The van der Waals surface area contributed by atoms with Crippen molar-refractivity contribution < 1.29 is 14.5 Å². The lowest BCUT2D eigenvalue weighted by Gasteiger charge is -2.37. The summed E-state index contributed by atoms with van der Waals surface area (Å²) in [6.07, 6.45) is 1.73. The van der Waals surface area contributed by atoms with Crippen molar-refractivity contribution in [2.24, 2.45) is 0 Å². The van der Waals surface area contributed by atoms with Gasteiger partial charge < -0.3 is 10.2 Å². The Bertz CT molecular complexity index is 1160. The van der Waals surface area contributed by atoms with E-state index in [-0.39, 0.29) is 23.7 Å². The minimum atomic E-state index is -0.700. The molecule has 0 aromatic heterocycles. The van der Waals surface area contributed by atoms with Crippen molar-refractivity contribution in [2.75, 3.05) is 26.7 Å². The first-order chi connectivity index (χ1) is 16.4. The largest absolute Gasteiger partial charge is 0.330 e. The second kappa shape index (κ2) is 8.90. The van der Waals surface area contributed by atoms with Crippen molar-refractivity contribution in [2.45, 2.75) is 31.5 Å². The number of piperidine rings is 1. The maximum Gasteiger partial charge on any atom is 0.322 e. The Morgan fingerprint density at radius 1 is 1.06 bits per heavy atom. The highest BCUT2D eigenvalue weighted by Gasteiger charge is 2.45. The van der Waals surface area contributed by atoms with Crippen molar-refractivity contribution >= 4 is 17.6 Å². The van der Waals surface area contributed by atoms with E-state index in [1.165, 1.54) is 22.6 Å². The maximum absolute atomic E-state index is 13.6. The van der Waals surface area contributed by atoms with E-state index in [1.54, 1.807) is 19.2 Å². The normalized spacial score (nSPS) is 21.6. The van der Waals surface area contributed by atoms with Gasteiger partial charge in [0.05, 0.1) is 28.8 Å². The van der Waals surface area contributed by atoms with Gasteiger partial charge in [-0.05, 0) is 24.0 Å². The van der Waals surface area contributed by atoms with E-state index in [0.29, 0.717) is 23.4 Å². The molecular formula is C25H27N5O4. The zero-order valence-corrected chi connectivity index (χ0v) is 19.0. The summed E-state index contributed by atoms with van der Waals surface area (Å²) in [6.45, 7) is 3.07. The Morgan fingerprint density at radius 3 is 2.50 bits per heavy atom. The molecule has 5 rings (SSSR count). The molecule has 1 fully saturated rings. The standard InChI is InChI=1S/C25H27N5O4/c1-27-21-16-29(19-10-12-28(13-11-19)15-17-6-3-2-4-7-17)24(31)22(21)23(26-25(27)32)18-8-5-9-20(14-18)30(33)34/h2-9,14,19,23H,10-13,15-16H2,1H3,(H,26,32). The van der Waals surface area contributed by atoms with Gasteiger partial charge >= 0.3 is 6.03 Å². The van der Waals surface area contributed by atoms with Gasteiger partial charge in [-0.25, -0.2) is 4.79 Å². The number of rotatable bonds is 5. The van der Waals surface area contributed by atoms with Gasteiger partial charge in [0.25, 0.3) is 11.6 Å². The summed E-state index contributed by atoms with van der Waals surface area (Å²) >= 11 is 0. The fourth-order valence-corrected chi connectivity index (χ4v) is 5.18. The Morgan fingerprint density at radius 2 is 1.79 bits per heavy atom. The van der Waals surface area contributed by atoms with E-state index in [9.17, 15) is 19.7 Å². The Hall–Kier alpha value is -3.72. The minimum absolute atomic E-state index is 0.0686. The lowest BCUT2D eigenvalue weighted by molar-refractivity contribution is -0.384. The van der Waals surface area contributed by atoms with Crippen molar-refractivity contribution in [1.82, 2.24) is 20.0 Å². The first kappa shape index (κ1) is 22.1. The zero-order chi connectivity index (χ0) is 23.8. The fraction of sp³-hybridized carbons (Fsp3) is 0.360. The molecule has 0 spiro atoms. The number of nitrogens with zero attached hydrogens (tertiary/aromatic N) is 4. The molecule has 0 aliphatic carbocycles. The Kier molecular flexibility index (Phi) is 5.79. The van der Waals surface area contributed by atoms with Gasteiger partial charge in [-0.3, -0.25) is 24.7 Å². The van der Waals surface area contributed by atoms with E-state index < -0.39 is 11.0 Å². The van der Waals surface area contributed by atoms with Crippen LogP contribution >= 0.6 is 0 Å². The molecule has 1 saturated heterocycles. The molecule has 9 heteroatoms.